The fourth-order valence-electron chi connectivity index (χ4n) is 2.10. The van der Waals surface area contributed by atoms with Gasteiger partial charge in [0.15, 0.2) is 0 Å². The fraction of sp³-hybridized carbons (Fsp3) is 0.333. The van der Waals surface area contributed by atoms with Crippen LogP contribution in [0.4, 0.5) is 0 Å². The molecule has 0 saturated heterocycles. The molecule has 1 aromatic carbocycles. The molecule has 2 rings (SSSR count). The van der Waals surface area contributed by atoms with Gasteiger partial charge in [-0.2, -0.15) is 11.3 Å². The van der Waals surface area contributed by atoms with Crippen LogP contribution in [0.3, 0.4) is 0 Å². The summed E-state index contributed by atoms with van der Waals surface area (Å²) in [5.41, 5.74) is 8.63. The molecule has 1 unspecified atom stereocenters. The van der Waals surface area contributed by atoms with Gasteiger partial charge in [-0.3, -0.25) is 4.90 Å². The Bertz CT molecular complexity index is 439. The molecule has 0 amide bonds. The summed E-state index contributed by atoms with van der Waals surface area (Å²) in [6, 6.07) is 13.1. The van der Waals surface area contributed by atoms with E-state index in [2.05, 4.69) is 59.1 Å². The summed E-state index contributed by atoms with van der Waals surface area (Å²) < 4.78 is 0. The smallest absolute Gasteiger partial charge is 0.0259 e. The van der Waals surface area contributed by atoms with Crippen molar-refractivity contribution in [1.82, 2.24) is 4.90 Å². The van der Waals surface area contributed by atoms with Crippen LogP contribution in [0, 0.1) is 0 Å². The van der Waals surface area contributed by atoms with Crippen LogP contribution >= 0.6 is 11.3 Å². The van der Waals surface area contributed by atoms with E-state index in [0.29, 0.717) is 12.6 Å². The first kappa shape index (κ1) is 13.3. The summed E-state index contributed by atoms with van der Waals surface area (Å²) in [5, 5.41) is 4.32. The quantitative estimate of drug-likeness (QED) is 0.865. The fourth-order valence-corrected chi connectivity index (χ4v) is 2.76. The van der Waals surface area contributed by atoms with Crippen LogP contribution in [0.15, 0.2) is 47.2 Å². The monoisotopic (exact) mass is 260 g/mol. The van der Waals surface area contributed by atoms with Gasteiger partial charge in [0.1, 0.15) is 0 Å². The third kappa shape index (κ3) is 3.67. The van der Waals surface area contributed by atoms with Crippen LogP contribution in [0.25, 0.3) is 0 Å². The minimum Gasteiger partial charge on any atom is -0.329 e. The number of rotatable bonds is 6. The van der Waals surface area contributed by atoms with Crippen molar-refractivity contribution in [2.75, 3.05) is 13.6 Å². The predicted octanol–water partition coefficient (Wildman–Crippen LogP) is 2.75. The van der Waals surface area contributed by atoms with Crippen molar-refractivity contribution >= 4 is 11.3 Å². The molecule has 0 bridgehead atoms. The normalized spacial score (nSPS) is 12.8. The van der Waals surface area contributed by atoms with Gasteiger partial charge in [-0.05, 0) is 41.4 Å². The van der Waals surface area contributed by atoms with Gasteiger partial charge in [0, 0.05) is 19.1 Å². The maximum atomic E-state index is 5.91. The lowest BCUT2D eigenvalue weighted by Crippen LogP contribution is -2.39. The van der Waals surface area contributed by atoms with Crippen molar-refractivity contribution < 1.29 is 0 Å². The average Bonchev–Trinajstić information content (AvgIpc) is 2.90. The molecule has 0 fully saturated rings. The highest BCUT2D eigenvalue weighted by atomic mass is 32.1. The van der Waals surface area contributed by atoms with Gasteiger partial charge in [0.25, 0.3) is 0 Å². The van der Waals surface area contributed by atoms with Gasteiger partial charge in [-0.1, -0.05) is 30.3 Å². The molecular weight excluding hydrogens is 240 g/mol. The van der Waals surface area contributed by atoms with Crippen molar-refractivity contribution in [3.05, 3.63) is 58.3 Å². The molecule has 0 radical (unpaired) electrons. The second kappa shape index (κ2) is 6.69. The Morgan fingerprint density at radius 3 is 2.56 bits per heavy atom. The van der Waals surface area contributed by atoms with E-state index in [1.807, 2.05) is 0 Å². The molecule has 96 valence electrons. The van der Waals surface area contributed by atoms with Crippen molar-refractivity contribution in [2.45, 2.75) is 19.0 Å². The number of hydrogen-bond acceptors (Lipinski definition) is 3. The van der Waals surface area contributed by atoms with Crippen LogP contribution in [-0.4, -0.2) is 24.5 Å². The van der Waals surface area contributed by atoms with E-state index >= 15 is 0 Å². The van der Waals surface area contributed by atoms with Crippen molar-refractivity contribution in [3.63, 3.8) is 0 Å². The Balaban J connectivity index is 1.95. The summed E-state index contributed by atoms with van der Waals surface area (Å²) in [7, 11) is 2.15. The van der Waals surface area contributed by atoms with E-state index in [0.717, 1.165) is 13.0 Å². The van der Waals surface area contributed by atoms with Crippen molar-refractivity contribution in [2.24, 2.45) is 5.73 Å². The van der Waals surface area contributed by atoms with E-state index < -0.39 is 0 Å². The first-order valence-corrected chi connectivity index (χ1v) is 7.19. The van der Waals surface area contributed by atoms with Gasteiger partial charge >= 0.3 is 0 Å². The largest absolute Gasteiger partial charge is 0.329 e. The van der Waals surface area contributed by atoms with E-state index in [1.54, 1.807) is 11.3 Å². The maximum absolute atomic E-state index is 5.91. The molecule has 0 aliphatic carbocycles. The minimum atomic E-state index is 0.396. The lowest BCUT2D eigenvalue weighted by molar-refractivity contribution is 0.237. The van der Waals surface area contributed by atoms with Crippen LogP contribution in [0.1, 0.15) is 11.1 Å². The Hall–Kier alpha value is -1.16. The third-order valence-corrected chi connectivity index (χ3v) is 3.95. The van der Waals surface area contributed by atoms with Crippen LogP contribution in [-0.2, 0) is 13.0 Å². The Morgan fingerprint density at radius 1 is 1.17 bits per heavy atom. The molecule has 2 N–H and O–H groups in total. The van der Waals surface area contributed by atoms with Crippen LogP contribution < -0.4 is 5.73 Å². The highest BCUT2D eigenvalue weighted by Crippen LogP contribution is 2.13. The van der Waals surface area contributed by atoms with Gasteiger partial charge in [-0.25, -0.2) is 0 Å². The predicted molar refractivity (Wildman–Crippen MR) is 78.8 cm³/mol. The number of thiophene rings is 1. The third-order valence-electron chi connectivity index (χ3n) is 3.22. The van der Waals surface area contributed by atoms with E-state index in [1.165, 1.54) is 11.1 Å². The number of nitrogens with two attached hydrogens (primary N) is 1. The number of hydrogen-bond donors (Lipinski definition) is 1. The van der Waals surface area contributed by atoms with E-state index in [4.69, 9.17) is 5.73 Å². The number of likely N-dealkylation sites (N-methyl/N-ethyl adjacent to an activating group) is 1. The van der Waals surface area contributed by atoms with Gasteiger partial charge in [0.2, 0.25) is 0 Å². The van der Waals surface area contributed by atoms with Gasteiger partial charge in [0.05, 0.1) is 0 Å². The molecule has 1 heterocycles. The average molecular weight is 260 g/mol. The molecule has 1 atom stereocenters. The zero-order valence-corrected chi connectivity index (χ0v) is 11.6. The zero-order chi connectivity index (χ0) is 12.8. The Morgan fingerprint density at radius 2 is 1.94 bits per heavy atom. The maximum Gasteiger partial charge on any atom is 0.0259 e. The standard InChI is InChI=1S/C15H20N2S/c1-17(11-14-7-8-18-12-14)15(10-16)9-13-5-3-2-4-6-13/h2-8,12,15H,9-11,16H2,1H3. The highest BCUT2D eigenvalue weighted by molar-refractivity contribution is 7.07. The topological polar surface area (TPSA) is 29.3 Å². The first-order chi connectivity index (χ1) is 8.79. The molecule has 3 heteroatoms. The molecule has 0 aliphatic rings. The van der Waals surface area contributed by atoms with Crippen molar-refractivity contribution in [3.8, 4) is 0 Å². The second-order valence-electron chi connectivity index (χ2n) is 4.63. The highest BCUT2D eigenvalue weighted by Gasteiger charge is 2.14. The summed E-state index contributed by atoms with van der Waals surface area (Å²) >= 11 is 1.75. The second-order valence-corrected chi connectivity index (χ2v) is 5.41. The summed E-state index contributed by atoms with van der Waals surface area (Å²) in [6.07, 6.45) is 1.01. The minimum absolute atomic E-state index is 0.396. The molecule has 1 aromatic heterocycles. The molecule has 2 aromatic rings. The number of nitrogens with zero attached hydrogens (tertiary/aromatic N) is 1. The molecule has 18 heavy (non-hydrogen) atoms. The summed E-state index contributed by atoms with van der Waals surface area (Å²) in [6.45, 7) is 1.66. The Labute approximate surface area is 113 Å². The SMILES string of the molecule is CN(Cc1ccsc1)C(CN)Cc1ccccc1. The summed E-state index contributed by atoms with van der Waals surface area (Å²) in [4.78, 5) is 2.34. The molecule has 0 saturated carbocycles. The van der Waals surface area contributed by atoms with Crippen LogP contribution in [0.5, 0.6) is 0 Å². The lowest BCUT2D eigenvalue weighted by Gasteiger charge is -2.26. The van der Waals surface area contributed by atoms with Gasteiger partial charge in [-0.15, -0.1) is 0 Å². The molecular formula is C15H20N2S. The van der Waals surface area contributed by atoms with Gasteiger partial charge < -0.3 is 5.73 Å². The number of benzene rings is 1. The zero-order valence-electron chi connectivity index (χ0n) is 10.8. The van der Waals surface area contributed by atoms with E-state index in [-0.39, 0.29) is 0 Å². The Kier molecular flexibility index (Phi) is 4.93. The molecule has 2 nitrogen and oxygen atoms in total. The van der Waals surface area contributed by atoms with Crippen molar-refractivity contribution in [1.29, 1.82) is 0 Å². The van der Waals surface area contributed by atoms with Crippen LogP contribution in [0.2, 0.25) is 0 Å². The summed E-state index contributed by atoms with van der Waals surface area (Å²) in [5.74, 6) is 0. The molecule has 0 aliphatic heterocycles. The van der Waals surface area contributed by atoms with E-state index in [9.17, 15) is 0 Å². The lowest BCUT2D eigenvalue weighted by atomic mass is 10.0. The first-order valence-electron chi connectivity index (χ1n) is 6.25. The molecule has 0 spiro atoms.